The third-order valence-electron chi connectivity index (χ3n) is 6.44. The van der Waals surface area contributed by atoms with Crippen LogP contribution in [0.25, 0.3) is 0 Å². The zero-order valence-electron chi connectivity index (χ0n) is 20.7. The van der Waals surface area contributed by atoms with Crippen LogP contribution in [0, 0.1) is 0 Å². The molecule has 0 spiro atoms. The molecule has 0 aliphatic carbocycles. The summed E-state index contributed by atoms with van der Waals surface area (Å²) < 4.78 is 35.3. The third kappa shape index (κ3) is 6.96. The highest BCUT2D eigenvalue weighted by molar-refractivity contribution is 7.91. The number of sulfone groups is 1. The SMILES string of the molecule is CCN(c1ccc([C@H](COC)CC(=O)O)cc1Nc1ccc(S(=O)(=O)CC)cc1)C1CCOCC1. The largest absolute Gasteiger partial charge is 0.481 e. The van der Waals surface area contributed by atoms with E-state index in [-0.39, 0.29) is 18.1 Å². The van der Waals surface area contributed by atoms with Crippen LogP contribution in [0.5, 0.6) is 0 Å². The summed E-state index contributed by atoms with van der Waals surface area (Å²) in [5.74, 6) is -1.12. The molecule has 0 saturated carbocycles. The van der Waals surface area contributed by atoms with Gasteiger partial charge < -0.3 is 24.8 Å². The molecular weight excluding hydrogens is 468 g/mol. The Morgan fingerprint density at radius 1 is 1.17 bits per heavy atom. The van der Waals surface area contributed by atoms with E-state index in [1.807, 2.05) is 18.2 Å². The Labute approximate surface area is 208 Å². The maximum atomic E-state index is 12.2. The zero-order valence-corrected chi connectivity index (χ0v) is 21.5. The highest BCUT2D eigenvalue weighted by Crippen LogP contribution is 2.36. The average molecular weight is 505 g/mol. The Bertz CT molecular complexity index is 1080. The Morgan fingerprint density at radius 2 is 1.86 bits per heavy atom. The predicted octanol–water partition coefficient (Wildman–Crippen LogP) is 4.43. The van der Waals surface area contributed by atoms with E-state index in [4.69, 9.17) is 9.47 Å². The van der Waals surface area contributed by atoms with Gasteiger partial charge >= 0.3 is 5.97 Å². The minimum Gasteiger partial charge on any atom is -0.481 e. The maximum Gasteiger partial charge on any atom is 0.304 e. The summed E-state index contributed by atoms with van der Waals surface area (Å²) >= 11 is 0. The Hall–Kier alpha value is -2.62. The van der Waals surface area contributed by atoms with Crippen molar-refractivity contribution in [2.24, 2.45) is 0 Å². The van der Waals surface area contributed by atoms with Crippen LogP contribution in [-0.4, -0.2) is 64.8 Å². The second-order valence-electron chi connectivity index (χ2n) is 8.71. The molecule has 1 heterocycles. The van der Waals surface area contributed by atoms with Crippen molar-refractivity contribution in [1.29, 1.82) is 0 Å². The smallest absolute Gasteiger partial charge is 0.304 e. The molecule has 0 amide bonds. The van der Waals surface area contributed by atoms with E-state index in [0.29, 0.717) is 17.5 Å². The fourth-order valence-electron chi connectivity index (χ4n) is 4.53. The number of carboxylic acid groups (broad SMARTS) is 1. The number of carbonyl (C=O) groups is 1. The third-order valence-corrected chi connectivity index (χ3v) is 8.19. The number of carboxylic acids is 1. The first-order valence-corrected chi connectivity index (χ1v) is 13.7. The Balaban J connectivity index is 2.00. The topological polar surface area (TPSA) is 105 Å². The van der Waals surface area contributed by atoms with Gasteiger partial charge in [0.25, 0.3) is 0 Å². The summed E-state index contributed by atoms with van der Waals surface area (Å²) in [6.45, 7) is 6.31. The molecular formula is C26H36N2O6S. The van der Waals surface area contributed by atoms with Gasteiger partial charge in [0.05, 0.1) is 35.1 Å². The second kappa shape index (κ2) is 12.4. The first-order chi connectivity index (χ1) is 16.8. The maximum absolute atomic E-state index is 12.2. The molecule has 0 aromatic heterocycles. The normalized spacial score (nSPS) is 15.5. The van der Waals surface area contributed by atoms with Gasteiger partial charge in [-0.3, -0.25) is 4.79 Å². The van der Waals surface area contributed by atoms with Gasteiger partial charge in [0, 0.05) is 44.5 Å². The molecule has 1 aliphatic heterocycles. The van der Waals surface area contributed by atoms with E-state index in [1.165, 1.54) is 0 Å². The number of nitrogens with zero attached hydrogens (tertiary/aromatic N) is 1. The van der Waals surface area contributed by atoms with E-state index >= 15 is 0 Å². The Morgan fingerprint density at radius 3 is 2.43 bits per heavy atom. The van der Waals surface area contributed by atoms with Crippen LogP contribution in [-0.2, 0) is 24.1 Å². The second-order valence-corrected chi connectivity index (χ2v) is 11.0. The van der Waals surface area contributed by atoms with Gasteiger partial charge in [-0.1, -0.05) is 13.0 Å². The lowest BCUT2D eigenvalue weighted by Crippen LogP contribution is -2.39. The summed E-state index contributed by atoms with van der Waals surface area (Å²) in [7, 11) is -1.71. The van der Waals surface area contributed by atoms with E-state index in [2.05, 4.69) is 17.1 Å². The van der Waals surface area contributed by atoms with Crippen LogP contribution >= 0.6 is 0 Å². The minimum atomic E-state index is -3.28. The molecule has 0 bridgehead atoms. The first-order valence-electron chi connectivity index (χ1n) is 12.1. The summed E-state index contributed by atoms with van der Waals surface area (Å²) in [5.41, 5.74) is 3.48. The molecule has 1 aliphatic rings. The van der Waals surface area contributed by atoms with Crippen molar-refractivity contribution >= 4 is 32.9 Å². The van der Waals surface area contributed by atoms with Crippen LogP contribution < -0.4 is 10.2 Å². The van der Waals surface area contributed by atoms with Crippen LogP contribution in [0.3, 0.4) is 0 Å². The fraction of sp³-hybridized carbons (Fsp3) is 0.500. The van der Waals surface area contributed by atoms with Crippen LogP contribution in [0.15, 0.2) is 47.4 Å². The molecule has 192 valence electrons. The number of nitrogens with one attached hydrogen (secondary N) is 1. The van der Waals surface area contributed by atoms with Crippen LogP contribution in [0.2, 0.25) is 0 Å². The van der Waals surface area contributed by atoms with Gasteiger partial charge in [-0.15, -0.1) is 0 Å². The van der Waals surface area contributed by atoms with Gasteiger partial charge in [-0.25, -0.2) is 8.42 Å². The Kier molecular flexibility index (Phi) is 9.54. The monoisotopic (exact) mass is 504 g/mol. The molecule has 2 aromatic carbocycles. The highest BCUT2D eigenvalue weighted by Gasteiger charge is 2.24. The van der Waals surface area contributed by atoms with E-state index in [1.54, 1.807) is 38.3 Å². The number of benzene rings is 2. The van der Waals surface area contributed by atoms with E-state index < -0.39 is 15.8 Å². The minimum absolute atomic E-state index is 0.0341. The van der Waals surface area contributed by atoms with Crippen molar-refractivity contribution in [3.05, 3.63) is 48.0 Å². The number of aliphatic carboxylic acids is 1. The molecule has 0 radical (unpaired) electrons. The van der Waals surface area contributed by atoms with E-state index in [9.17, 15) is 18.3 Å². The molecule has 3 rings (SSSR count). The lowest BCUT2D eigenvalue weighted by Gasteiger charge is -2.37. The number of hydrogen-bond acceptors (Lipinski definition) is 7. The summed E-state index contributed by atoms with van der Waals surface area (Å²) in [6.07, 6.45) is 1.83. The molecule has 35 heavy (non-hydrogen) atoms. The molecule has 9 heteroatoms. The van der Waals surface area contributed by atoms with Crippen molar-refractivity contribution in [3.8, 4) is 0 Å². The summed E-state index contributed by atoms with van der Waals surface area (Å²) in [6, 6.07) is 13.1. The summed E-state index contributed by atoms with van der Waals surface area (Å²) in [4.78, 5) is 14.1. The lowest BCUT2D eigenvalue weighted by molar-refractivity contribution is -0.137. The number of hydrogen-bond donors (Lipinski definition) is 2. The molecule has 8 nitrogen and oxygen atoms in total. The van der Waals surface area contributed by atoms with Gasteiger partial charge in [0.1, 0.15) is 0 Å². The van der Waals surface area contributed by atoms with Gasteiger partial charge in [0.2, 0.25) is 0 Å². The van der Waals surface area contributed by atoms with Crippen LogP contribution in [0.4, 0.5) is 17.1 Å². The molecule has 0 unspecified atom stereocenters. The molecule has 1 fully saturated rings. The number of methoxy groups -OCH3 is 1. The zero-order chi connectivity index (χ0) is 25.4. The fourth-order valence-corrected chi connectivity index (χ4v) is 5.42. The van der Waals surface area contributed by atoms with Crippen molar-refractivity contribution < 1.29 is 27.8 Å². The van der Waals surface area contributed by atoms with Gasteiger partial charge in [-0.2, -0.15) is 0 Å². The molecule has 2 N–H and O–H groups in total. The quantitative estimate of drug-likeness (QED) is 0.437. The number of rotatable bonds is 12. The van der Waals surface area contributed by atoms with Crippen molar-refractivity contribution in [3.63, 3.8) is 0 Å². The highest BCUT2D eigenvalue weighted by atomic mass is 32.2. The predicted molar refractivity (Wildman–Crippen MR) is 138 cm³/mol. The average Bonchev–Trinajstić information content (AvgIpc) is 2.86. The van der Waals surface area contributed by atoms with Gasteiger partial charge in [0.15, 0.2) is 9.84 Å². The van der Waals surface area contributed by atoms with Crippen molar-refractivity contribution in [2.75, 3.05) is 49.4 Å². The van der Waals surface area contributed by atoms with Crippen molar-refractivity contribution in [2.45, 2.75) is 50.0 Å². The lowest BCUT2D eigenvalue weighted by atomic mass is 9.95. The van der Waals surface area contributed by atoms with Crippen molar-refractivity contribution in [1.82, 2.24) is 0 Å². The first kappa shape index (κ1) is 27.0. The van der Waals surface area contributed by atoms with E-state index in [0.717, 1.165) is 55.2 Å². The standard InChI is InChI=1S/C26H36N2O6S/c1-4-28(22-12-14-34-15-13-22)25-11-6-19(20(18-33-3)17-26(29)30)16-24(25)27-21-7-9-23(10-8-21)35(31,32)5-2/h6-11,16,20,22,27H,4-5,12-15,17-18H2,1-3H3,(H,29,30)/t20-/m0/s1. The number of anilines is 3. The van der Waals surface area contributed by atoms with Gasteiger partial charge in [-0.05, 0) is 61.7 Å². The number of ether oxygens (including phenoxy) is 2. The molecule has 1 atom stereocenters. The molecule has 1 saturated heterocycles. The summed E-state index contributed by atoms with van der Waals surface area (Å²) in [5, 5.41) is 12.9. The molecule has 2 aromatic rings. The van der Waals surface area contributed by atoms with Crippen LogP contribution in [0.1, 0.15) is 44.6 Å².